The Kier molecular flexibility index (Phi) is 2.72. The lowest BCUT2D eigenvalue weighted by Crippen LogP contribution is -2.50. The molecule has 1 spiro atoms. The smallest absolute Gasteiger partial charge is 0.165 e. The molecule has 108 valence electrons. The van der Waals surface area contributed by atoms with Crippen molar-refractivity contribution in [2.75, 3.05) is 20.2 Å². The fourth-order valence-corrected chi connectivity index (χ4v) is 4.23. The van der Waals surface area contributed by atoms with E-state index in [0.29, 0.717) is 0 Å². The monoisotopic (exact) mass is 275 g/mol. The van der Waals surface area contributed by atoms with Gasteiger partial charge in [0, 0.05) is 23.9 Å². The summed E-state index contributed by atoms with van der Waals surface area (Å²) in [6.45, 7) is 1.95. The van der Waals surface area contributed by atoms with Gasteiger partial charge in [0.15, 0.2) is 11.5 Å². The minimum Gasteiger partial charge on any atom is -0.493 e. The molecule has 0 radical (unpaired) electrons. The number of hydrogen-bond donors (Lipinski definition) is 2. The maximum Gasteiger partial charge on any atom is 0.165 e. The van der Waals surface area contributed by atoms with Crippen molar-refractivity contribution in [1.82, 2.24) is 5.32 Å². The molecule has 20 heavy (non-hydrogen) atoms. The first kappa shape index (κ1) is 12.5. The van der Waals surface area contributed by atoms with Crippen LogP contribution in [0, 0.1) is 0 Å². The summed E-state index contributed by atoms with van der Waals surface area (Å²) in [5.74, 6) is 1.75. The van der Waals surface area contributed by atoms with Gasteiger partial charge in [0.2, 0.25) is 0 Å². The molecule has 2 heterocycles. The van der Waals surface area contributed by atoms with E-state index in [9.17, 15) is 5.11 Å². The summed E-state index contributed by atoms with van der Waals surface area (Å²) in [4.78, 5) is 0. The van der Waals surface area contributed by atoms with Crippen molar-refractivity contribution in [3.05, 3.63) is 23.3 Å². The molecule has 1 aromatic rings. The lowest BCUT2D eigenvalue weighted by molar-refractivity contribution is 0.0174. The molecule has 1 aromatic carbocycles. The SMILES string of the molecule is COc1ccc2c3c1OC1CC(O)CCC31CNCC2. The Balaban J connectivity index is 1.91. The van der Waals surface area contributed by atoms with E-state index in [1.165, 1.54) is 11.1 Å². The molecule has 4 nitrogen and oxygen atoms in total. The molecule has 1 fully saturated rings. The summed E-state index contributed by atoms with van der Waals surface area (Å²) in [7, 11) is 1.69. The highest BCUT2D eigenvalue weighted by atomic mass is 16.5. The highest BCUT2D eigenvalue weighted by Gasteiger charge is 2.54. The van der Waals surface area contributed by atoms with Gasteiger partial charge in [0.25, 0.3) is 0 Å². The van der Waals surface area contributed by atoms with Gasteiger partial charge < -0.3 is 19.9 Å². The zero-order chi connectivity index (χ0) is 13.7. The highest BCUT2D eigenvalue weighted by Crippen LogP contribution is 2.55. The summed E-state index contributed by atoms with van der Waals surface area (Å²) in [6.07, 6.45) is 3.43. The molecular formula is C16H21NO3. The van der Waals surface area contributed by atoms with Crippen molar-refractivity contribution in [3.8, 4) is 11.5 Å². The number of aliphatic hydroxyl groups is 1. The number of methoxy groups -OCH3 is 1. The molecule has 0 aromatic heterocycles. The van der Waals surface area contributed by atoms with Crippen molar-refractivity contribution >= 4 is 0 Å². The fourth-order valence-electron chi connectivity index (χ4n) is 4.23. The summed E-state index contributed by atoms with van der Waals surface area (Å²) in [5, 5.41) is 13.6. The fraction of sp³-hybridized carbons (Fsp3) is 0.625. The minimum absolute atomic E-state index is 0.0228. The van der Waals surface area contributed by atoms with Gasteiger partial charge in [-0.15, -0.1) is 0 Å². The third kappa shape index (κ3) is 1.55. The standard InChI is InChI=1S/C16H21NO3/c1-19-12-3-2-10-5-7-17-9-16-6-4-11(18)8-13(16)20-15(12)14(10)16/h2-3,11,13,17-18H,4-9H2,1H3. The Morgan fingerprint density at radius 2 is 2.35 bits per heavy atom. The van der Waals surface area contributed by atoms with Gasteiger partial charge in [-0.2, -0.15) is 0 Å². The quantitative estimate of drug-likeness (QED) is 0.813. The lowest BCUT2D eigenvalue weighted by Gasteiger charge is -2.39. The minimum atomic E-state index is -0.238. The number of aliphatic hydroxyl groups excluding tert-OH is 1. The van der Waals surface area contributed by atoms with Gasteiger partial charge in [-0.05, 0) is 37.4 Å². The average molecular weight is 275 g/mol. The van der Waals surface area contributed by atoms with E-state index in [2.05, 4.69) is 11.4 Å². The van der Waals surface area contributed by atoms with Crippen LogP contribution in [0.4, 0.5) is 0 Å². The Morgan fingerprint density at radius 3 is 3.20 bits per heavy atom. The molecule has 4 rings (SSSR count). The van der Waals surface area contributed by atoms with Gasteiger partial charge in [-0.1, -0.05) is 6.07 Å². The summed E-state index contributed by atoms with van der Waals surface area (Å²) >= 11 is 0. The molecule has 1 saturated carbocycles. The largest absolute Gasteiger partial charge is 0.493 e. The number of ether oxygens (including phenoxy) is 2. The zero-order valence-electron chi connectivity index (χ0n) is 11.8. The van der Waals surface area contributed by atoms with Crippen LogP contribution in [-0.4, -0.2) is 37.5 Å². The second-order valence-corrected chi connectivity index (χ2v) is 6.25. The molecular weight excluding hydrogens is 254 g/mol. The first-order valence-electron chi connectivity index (χ1n) is 7.50. The van der Waals surface area contributed by atoms with Crippen molar-refractivity contribution in [2.24, 2.45) is 0 Å². The molecule has 3 aliphatic rings. The average Bonchev–Trinajstić information content (AvgIpc) is 2.66. The van der Waals surface area contributed by atoms with Crippen molar-refractivity contribution in [2.45, 2.75) is 43.3 Å². The number of nitrogens with one attached hydrogen (secondary N) is 1. The van der Waals surface area contributed by atoms with Crippen LogP contribution in [0.1, 0.15) is 30.4 Å². The Bertz CT molecular complexity index is 545. The van der Waals surface area contributed by atoms with Crippen LogP contribution in [-0.2, 0) is 11.8 Å². The van der Waals surface area contributed by atoms with Gasteiger partial charge in [0.1, 0.15) is 6.10 Å². The lowest BCUT2D eigenvalue weighted by atomic mass is 9.67. The summed E-state index contributed by atoms with van der Waals surface area (Å²) in [5.41, 5.74) is 2.75. The molecule has 0 amide bonds. The first-order chi connectivity index (χ1) is 9.74. The van der Waals surface area contributed by atoms with Crippen LogP contribution in [0.25, 0.3) is 0 Å². The maximum atomic E-state index is 10.00. The molecule has 3 unspecified atom stereocenters. The second kappa shape index (κ2) is 4.37. The topological polar surface area (TPSA) is 50.7 Å². The van der Waals surface area contributed by atoms with E-state index >= 15 is 0 Å². The van der Waals surface area contributed by atoms with E-state index in [0.717, 1.165) is 50.3 Å². The molecule has 0 saturated heterocycles. The number of benzene rings is 1. The predicted octanol–water partition coefficient (Wildman–Crippen LogP) is 1.38. The Labute approximate surface area is 119 Å². The van der Waals surface area contributed by atoms with E-state index in [-0.39, 0.29) is 17.6 Å². The van der Waals surface area contributed by atoms with Gasteiger partial charge in [0.05, 0.1) is 13.2 Å². The number of rotatable bonds is 1. The van der Waals surface area contributed by atoms with Gasteiger partial charge in [-0.25, -0.2) is 0 Å². The van der Waals surface area contributed by atoms with Crippen LogP contribution >= 0.6 is 0 Å². The van der Waals surface area contributed by atoms with Crippen LogP contribution in [0.3, 0.4) is 0 Å². The van der Waals surface area contributed by atoms with Crippen LogP contribution in [0.5, 0.6) is 11.5 Å². The van der Waals surface area contributed by atoms with E-state index in [1.54, 1.807) is 7.11 Å². The van der Waals surface area contributed by atoms with E-state index in [4.69, 9.17) is 9.47 Å². The third-order valence-corrected chi connectivity index (χ3v) is 5.22. The van der Waals surface area contributed by atoms with Crippen molar-refractivity contribution in [1.29, 1.82) is 0 Å². The first-order valence-corrected chi connectivity index (χ1v) is 7.50. The van der Waals surface area contributed by atoms with Crippen molar-refractivity contribution < 1.29 is 14.6 Å². The zero-order valence-corrected chi connectivity index (χ0v) is 11.8. The molecule has 4 heteroatoms. The van der Waals surface area contributed by atoms with E-state index in [1.807, 2.05) is 6.07 Å². The maximum absolute atomic E-state index is 10.00. The van der Waals surface area contributed by atoms with Crippen LogP contribution in [0.15, 0.2) is 12.1 Å². The summed E-state index contributed by atoms with van der Waals surface area (Å²) in [6, 6.07) is 4.20. The van der Waals surface area contributed by atoms with Crippen molar-refractivity contribution in [3.63, 3.8) is 0 Å². The Hall–Kier alpha value is -1.26. The third-order valence-electron chi connectivity index (χ3n) is 5.22. The normalized spacial score (nSPS) is 34.7. The van der Waals surface area contributed by atoms with Gasteiger partial charge in [-0.3, -0.25) is 0 Å². The predicted molar refractivity (Wildman–Crippen MR) is 75.5 cm³/mol. The second-order valence-electron chi connectivity index (χ2n) is 6.25. The molecule has 2 N–H and O–H groups in total. The number of hydrogen-bond acceptors (Lipinski definition) is 4. The van der Waals surface area contributed by atoms with Crippen LogP contribution < -0.4 is 14.8 Å². The Morgan fingerprint density at radius 1 is 1.45 bits per heavy atom. The highest BCUT2D eigenvalue weighted by molar-refractivity contribution is 5.59. The molecule has 1 aliphatic carbocycles. The molecule has 3 atom stereocenters. The van der Waals surface area contributed by atoms with Gasteiger partial charge >= 0.3 is 0 Å². The summed E-state index contributed by atoms with van der Waals surface area (Å²) < 4.78 is 11.7. The molecule has 2 aliphatic heterocycles. The van der Waals surface area contributed by atoms with Crippen LogP contribution in [0.2, 0.25) is 0 Å². The van der Waals surface area contributed by atoms with E-state index < -0.39 is 0 Å². The molecule has 0 bridgehead atoms.